The maximum Gasteiger partial charge on any atom is 0.123 e. The molecule has 0 saturated carbocycles. The van der Waals surface area contributed by atoms with Gasteiger partial charge in [-0.05, 0) is 44.2 Å². The molecule has 2 N–H and O–H groups in total. The topological polar surface area (TPSA) is 35.5 Å². The maximum absolute atomic E-state index is 13.4. The van der Waals surface area contributed by atoms with Gasteiger partial charge in [0, 0.05) is 24.8 Å². The lowest BCUT2D eigenvalue weighted by molar-refractivity contribution is 0.302. The normalized spacial score (nSPS) is 12.5. The van der Waals surface area contributed by atoms with Crippen molar-refractivity contribution in [3.05, 3.63) is 29.6 Å². The minimum atomic E-state index is -0.224. The molecule has 18 heavy (non-hydrogen) atoms. The molecule has 3 nitrogen and oxygen atoms in total. The molecule has 0 aliphatic heterocycles. The van der Waals surface area contributed by atoms with Crippen LogP contribution in [0.5, 0.6) is 0 Å². The van der Waals surface area contributed by atoms with E-state index in [1.54, 1.807) is 12.1 Å². The fourth-order valence-electron chi connectivity index (χ4n) is 2.15. The van der Waals surface area contributed by atoms with Crippen LogP contribution in [-0.4, -0.2) is 31.3 Å². The van der Waals surface area contributed by atoms with Gasteiger partial charge in [0.2, 0.25) is 0 Å². The monoisotopic (exact) mass is 254 g/mol. The lowest BCUT2D eigenvalue weighted by Crippen LogP contribution is -2.29. The third-order valence-corrected chi connectivity index (χ3v) is 3.06. The second-order valence-electron chi connectivity index (χ2n) is 4.29. The Labute approximate surface area is 109 Å². The highest BCUT2D eigenvalue weighted by molar-refractivity contribution is 5.55. The van der Waals surface area contributed by atoms with Crippen LogP contribution in [0.2, 0.25) is 0 Å². The Morgan fingerprint density at radius 3 is 2.67 bits per heavy atom. The number of nitrogens with one attached hydrogen (secondary N) is 1. The molecule has 4 heteroatoms. The summed E-state index contributed by atoms with van der Waals surface area (Å²) in [4.78, 5) is 2.06. The molecule has 1 atom stereocenters. The standard InChI is InChI=1S/C14H23FN2O/c1-4-16-11(3)13-10-12(15)6-7-14(13)17(5-2)8-9-18/h6-7,10-11,16,18H,4-5,8-9H2,1-3H3. The zero-order valence-electron chi connectivity index (χ0n) is 11.4. The number of rotatable bonds is 7. The first kappa shape index (κ1) is 14.9. The minimum absolute atomic E-state index is 0.0912. The van der Waals surface area contributed by atoms with Gasteiger partial charge in [0.1, 0.15) is 5.82 Å². The van der Waals surface area contributed by atoms with E-state index in [4.69, 9.17) is 5.11 Å². The first-order valence-electron chi connectivity index (χ1n) is 6.52. The zero-order chi connectivity index (χ0) is 13.5. The number of halogens is 1. The third-order valence-electron chi connectivity index (χ3n) is 3.06. The van der Waals surface area contributed by atoms with Crippen molar-refractivity contribution in [1.82, 2.24) is 5.32 Å². The van der Waals surface area contributed by atoms with Gasteiger partial charge in [0.15, 0.2) is 0 Å². The van der Waals surface area contributed by atoms with Gasteiger partial charge in [0.25, 0.3) is 0 Å². The van der Waals surface area contributed by atoms with Crippen LogP contribution < -0.4 is 10.2 Å². The SMILES string of the molecule is CCNC(C)c1cc(F)ccc1N(CC)CCO. The van der Waals surface area contributed by atoms with Crippen LogP contribution in [0.1, 0.15) is 32.4 Å². The molecule has 0 bridgehead atoms. The average molecular weight is 254 g/mol. The van der Waals surface area contributed by atoms with Gasteiger partial charge in [-0.1, -0.05) is 6.92 Å². The van der Waals surface area contributed by atoms with Gasteiger partial charge in [-0.2, -0.15) is 0 Å². The van der Waals surface area contributed by atoms with Crippen molar-refractivity contribution in [2.24, 2.45) is 0 Å². The first-order chi connectivity index (χ1) is 8.63. The fraction of sp³-hybridized carbons (Fsp3) is 0.571. The molecule has 0 amide bonds. The number of likely N-dealkylation sites (N-methyl/N-ethyl adjacent to an activating group) is 1. The van der Waals surface area contributed by atoms with E-state index >= 15 is 0 Å². The molecular weight excluding hydrogens is 231 g/mol. The Hall–Kier alpha value is -1.13. The highest BCUT2D eigenvalue weighted by Crippen LogP contribution is 2.27. The van der Waals surface area contributed by atoms with E-state index in [0.29, 0.717) is 6.54 Å². The molecule has 0 radical (unpaired) electrons. The Bertz CT molecular complexity index is 371. The van der Waals surface area contributed by atoms with Crippen LogP contribution in [0.15, 0.2) is 18.2 Å². The average Bonchev–Trinajstić information content (AvgIpc) is 2.36. The van der Waals surface area contributed by atoms with Crippen LogP contribution >= 0.6 is 0 Å². The van der Waals surface area contributed by atoms with Crippen molar-refractivity contribution in [2.75, 3.05) is 31.1 Å². The molecule has 0 aliphatic rings. The lowest BCUT2D eigenvalue weighted by atomic mass is 10.0. The lowest BCUT2D eigenvalue weighted by Gasteiger charge is -2.27. The zero-order valence-corrected chi connectivity index (χ0v) is 11.4. The maximum atomic E-state index is 13.4. The number of nitrogens with zero attached hydrogens (tertiary/aromatic N) is 1. The number of hydrogen-bond donors (Lipinski definition) is 2. The molecule has 1 aromatic rings. The van der Waals surface area contributed by atoms with Crippen LogP contribution in [0, 0.1) is 5.82 Å². The molecule has 0 spiro atoms. The molecule has 1 rings (SSSR count). The summed E-state index contributed by atoms with van der Waals surface area (Å²) in [5.41, 5.74) is 1.92. The van der Waals surface area contributed by atoms with Crippen molar-refractivity contribution in [2.45, 2.75) is 26.8 Å². The summed E-state index contributed by atoms with van der Waals surface area (Å²) in [7, 11) is 0. The second-order valence-corrected chi connectivity index (χ2v) is 4.29. The van der Waals surface area contributed by atoms with Crippen LogP contribution in [0.4, 0.5) is 10.1 Å². The summed E-state index contributed by atoms with van der Waals surface area (Å²) in [6.07, 6.45) is 0. The van der Waals surface area contributed by atoms with E-state index in [-0.39, 0.29) is 18.5 Å². The molecule has 102 valence electrons. The molecular formula is C14H23FN2O. The first-order valence-corrected chi connectivity index (χ1v) is 6.52. The molecule has 1 unspecified atom stereocenters. The van der Waals surface area contributed by atoms with Crippen molar-refractivity contribution >= 4 is 5.69 Å². The van der Waals surface area contributed by atoms with E-state index in [0.717, 1.165) is 24.3 Å². The molecule has 0 fully saturated rings. The molecule has 0 saturated heterocycles. The Morgan fingerprint density at radius 2 is 2.11 bits per heavy atom. The second kappa shape index (κ2) is 7.34. The van der Waals surface area contributed by atoms with Crippen LogP contribution in [-0.2, 0) is 0 Å². The predicted octanol–water partition coefficient (Wildman–Crippen LogP) is 2.31. The molecule has 0 aromatic heterocycles. The van der Waals surface area contributed by atoms with Gasteiger partial charge in [-0.15, -0.1) is 0 Å². The quantitative estimate of drug-likeness (QED) is 0.784. The van der Waals surface area contributed by atoms with Gasteiger partial charge in [-0.25, -0.2) is 4.39 Å². The minimum Gasteiger partial charge on any atom is -0.395 e. The van der Waals surface area contributed by atoms with Crippen molar-refractivity contribution < 1.29 is 9.50 Å². The van der Waals surface area contributed by atoms with Crippen molar-refractivity contribution in [3.8, 4) is 0 Å². The van der Waals surface area contributed by atoms with Gasteiger partial charge in [0.05, 0.1) is 6.61 Å². The van der Waals surface area contributed by atoms with Gasteiger partial charge < -0.3 is 15.3 Å². The number of hydrogen-bond acceptors (Lipinski definition) is 3. The summed E-state index contributed by atoms with van der Waals surface area (Å²) in [6.45, 7) is 8.37. The van der Waals surface area contributed by atoms with E-state index < -0.39 is 0 Å². The summed E-state index contributed by atoms with van der Waals surface area (Å²) < 4.78 is 13.4. The van der Waals surface area contributed by atoms with Gasteiger partial charge in [-0.3, -0.25) is 0 Å². The number of aliphatic hydroxyl groups is 1. The summed E-state index contributed by atoms with van der Waals surface area (Å²) in [5, 5.41) is 12.4. The number of benzene rings is 1. The third kappa shape index (κ3) is 3.68. The van der Waals surface area contributed by atoms with E-state index in [2.05, 4.69) is 10.2 Å². The van der Waals surface area contributed by atoms with E-state index in [1.807, 2.05) is 20.8 Å². The van der Waals surface area contributed by atoms with Crippen molar-refractivity contribution in [1.29, 1.82) is 0 Å². The summed E-state index contributed by atoms with van der Waals surface area (Å²) in [5.74, 6) is -0.224. The summed E-state index contributed by atoms with van der Waals surface area (Å²) in [6, 6.07) is 4.92. The summed E-state index contributed by atoms with van der Waals surface area (Å²) >= 11 is 0. The Balaban J connectivity index is 3.08. The van der Waals surface area contributed by atoms with E-state index in [1.165, 1.54) is 6.07 Å². The highest BCUT2D eigenvalue weighted by Gasteiger charge is 2.15. The fourth-order valence-corrected chi connectivity index (χ4v) is 2.15. The number of anilines is 1. The van der Waals surface area contributed by atoms with Gasteiger partial charge >= 0.3 is 0 Å². The van der Waals surface area contributed by atoms with Crippen LogP contribution in [0.25, 0.3) is 0 Å². The Kier molecular flexibility index (Phi) is 6.09. The molecule has 0 aliphatic carbocycles. The highest BCUT2D eigenvalue weighted by atomic mass is 19.1. The van der Waals surface area contributed by atoms with Crippen molar-refractivity contribution in [3.63, 3.8) is 0 Å². The number of aliphatic hydroxyl groups excluding tert-OH is 1. The smallest absolute Gasteiger partial charge is 0.123 e. The van der Waals surface area contributed by atoms with E-state index in [9.17, 15) is 4.39 Å². The Morgan fingerprint density at radius 1 is 1.39 bits per heavy atom. The largest absolute Gasteiger partial charge is 0.395 e. The van der Waals surface area contributed by atoms with Crippen LogP contribution in [0.3, 0.4) is 0 Å². The predicted molar refractivity (Wildman–Crippen MR) is 73.5 cm³/mol. The molecule has 0 heterocycles. The molecule has 1 aromatic carbocycles.